The maximum absolute atomic E-state index is 12.2. The first-order valence-corrected chi connectivity index (χ1v) is 7.42. The molecule has 1 N–H and O–H groups in total. The number of rotatable bonds is 9. The van der Waals surface area contributed by atoms with E-state index >= 15 is 0 Å². The van der Waals surface area contributed by atoms with Crippen molar-refractivity contribution in [1.82, 2.24) is 9.88 Å². The second-order valence-corrected chi connectivity index (χ2v) is 5.23. The summed E-state index contributed by atoms with van der Waals surface area (Å²) in [6.45, 7) is 3.40. The number of amides is 2. The van der Waals surface area contributed by atoms with Gasteiger partial charge in [-0.25, -0.2) is 4.98 Å². The highest BCUT2D eigenvalue weighted by Crippen LogP contribution is 2.16. The molecule has 1 rings (SSSR count). The Labute approximate surface area is 128 Å². The van der Waals surface area contributed by atoms with Crippen molar-refractivity contribution in [2.24, 2.45) is 0 Å². The molecule has 0 aliphatic carbocycles. The Morgan fingerprint density at radius 1 is 1.29 bits per heavy atom. The van der Waals surface area contributed by atoms with Gasteiger partial charge in [0.15, 0.2) is 5.13 Å². The van der Waals surface area contributed by atoms with Gasteiger partial charge in [-0.15, -0.1) is 11.3 Å². The van der Waals surface area contributed by atoms with Gasteiger partial charge < -0.3 is 19.7 Å². The van der Waals surface area contributed by atoms with Crippen molar-refractivity contribution in [3.05, 3.63) is 11.1 Å². The van der Waals surface area contributed by atoms with Crippen LogP contribution in [0.3, 0.4) is 0 Å². The number of nitrogens with one attached hydrogen (secondary N) is 1. The maximum atomic E-state index is 12.2. The molecule has 1 aromatic heterocycles. The van der Waals surface area contributed by atoms with E-state index in [0.29, 0.717) is 37.1 Å². The summed E-state index contributed by atoms with van der Waals surface area (Å²) in [4.78, 5) is 29.1. The molecule has 0 bridgehead atoms. The average molecular weight is 315 g/mol. The molecule has 0 spiro atoms. The fourth-order valence-corrected chi connectivity index (χ4v) is 2.38. The van der Waals surface area contributed by atoms with Crippen molar-refractivity contribution >= 4 is 28.3 Å². The zero-order chi connectivity index (χ0) is 15.7. The number of nitrogens with zero attached hydrogens (tertiary/aromatic N) is 2. The second kappa shape index (κ2) is 9.43. The summed E-state index contributed by atoms with van der Waals surface area (Å²) in [7, 11) is 3.19. The Morgan fingerprint density at radius 3 is 2.43 bits per heavy atom. The predicted octanol–water partition coefficient (Wildman–Crippen LogP) is 0.765. The largest absolute Gasteiger partial charge is 0.383 e. The van der Waals surface area contributed by atoms with E-state index in [-0.39, 0.29) is 18.2 Å². The molecular formula is C13H21N3O4S. The molecule has 0 aromatic carbocycles. The number of hydrogen-bond acceptors (Lipinski definition) is 6. The second-order valence-electron chi connectivity index (χ2n) is 4.37. The van der Waals surface area contributed by atoms with Crippen LogP contribution >= 0.6 is 11.3 Å². The van der Waals surface area contributed by atoms with Crippen LogP contribution in [0.2, 0.25) is 0 Å². The molecule has 118 valence electrons. The van der Waals surface area contributed by atoms with Crippen LogP contribution in [0, 0.1) is 0 Å². The molecule has 8 heteroatoms. The Hall–Kier alpha value is -1.51. The van der Waals surface area contributed by atoms with Gasteiger partial charge in [0.05, 0.1) is 25.3 Å². The lowest BCUT2D eigenvalue weighted by Gasteiger charge is -2.21. The highest BCUT2D eigenvalue weighted by Gasteiger charge is 2.15. The van der Waals surface area contributed by atoms with E-state index < -0.39 is 0 Å². The number of carbonyl (C=O) groups excluding carboxylic acids is 2. The molecule has 0 radical (unpaired) electrons. The van der Waals surface area contributed by atoms with Crippen LogP contribution in [0.15, 0.2) is 5.38 Å². The molecule has 0 saturated carbocycles. The molecule has 2 amide bonds. The van der Waals surface area contributed by atoms with E-state index in [9.17, 15) is 9.59 Å². The zero-order valence-corrected chi connectivity index (χ0v) is 13.4. The fraction of sp³-hybridized carbons (Fsp3) is 0.615. The van der Waals surface area contributed by atoms with Gasteiger partial charge in [-0.1, -0.05) is 0 Å². The standard InChI is InChI=1S/C13H21N3O4S/c1-10(17)14-13-15-11(9-21-13)8-12(18)16(4-6-19-2)5-7-20-3/h9H,4-8H2,1-3H3,(H,14,15,17). The lowest BCUT2D eigenvalue weighted by Crippen LogP contribution is -2.37. The molecule has 7 nitrogen and oxygen atoms in total. The maximum Gasteiger partial charge on any atom is 0.228 e. The first-order valence-electron chi connectivity index (χ1n) is 6.54. The molecule has 1 heterocycles. The van der Waals surface area contributed by atoms with Crippen molar-refractivity contribution in [1.29, 1.82) is 0 Å². The number of methoxy groups -OCH3 is 2. The Balaban J connectivity index is 2.58. The third-order valence-electron chi connectivity index (χ3n) is 2.65. The van der Waals surface area contributed by atoms with Gasteiger partial charge in [0.2, 0.25) is 11.8 Å². The van der Waals surface area contributed by atoms with E-state index in [1.165, 1.54) is 18.3 Å². The van der Waals surface area contributed by atoms with E-state index in [4.69, 9.17) is 9.47 Å². The third-order valence-corrected chi connectivity index (χ3v) is 3.46. The molecule has 21 heavy (non-hydrogen) atoms. The summed E-state index contributed by atoms with van der Waals surface area (Å²) in [5, 5.41) is 4.88. The zero-order valence-electron chi connectivity index (χ0n) is 12.5. The van der Waals surface area contributed by atoms with Crippen LogP contribution in [0.25, 0.3) is 0 Å². The van der Waals surface area contributed by atoms with Crippen LogP contribution in [-0.2, 0) is 25.5 Å². The van der Waals surface area contributed by atoms with Crippen molar-refractivity contribution in [3.8, 4) is 0 Å². The molecule has 0 unspecified atom stereocenters. The summed E-state index contributed by atoms with van der Waals surface area (Å²) in [5.41, 5.74) is 0.647. The van der Waals surface area contributed by atoms with Gasteiger partial charge in [-0.2, -0.15) is 0 Å². The fourth-order valence-electron chi connectivity index (χ4n) is 1.63. The topological polar surface area (TPSA) is 80.8 Å². The molecule has 0 atom stereocenters. The van der Waals surface area contributed by atoms with Crippen molar-refractivity contribution < 1.29 is 19.1 Å². The van der Waals surface area contributed by atoms with Crippen LogP contribution in [-0.4, -0.2) is 62.2 Å². The smallest absolute Gasteiger partial charge is 0.228 e. The van der Waals surface area contributed by atoms with Gasteiger partial charge >= 0.3 is 0 Å². The van der Waals surface area contributed by atoms with Crippen LogP contribution in [0.5, 0.6) is 0 Å². The lowest BCUT2D eigenvalue weighted by atomic mass is 10.3. The van der Waals surface area contributed by atoms with Crippen molar-refractivity contribution in [2.75, 3.05) is 45.8 Å². The number of anilines is 1. The number of carbonyl (C=O) groups is 2. The van der Waals surface area contributed by atoms with Crippen LogP contribution in [0.4, 0.5) is 5.13 Å². The van der Waals surface area contributed by atoms with E-state index in [1.807, 2.05) is 0 Å². The van der Waals surface area contributed by atoms with Gasteiger partial charge in [0.1, 0.15) is 0 Å². The normalized spacial score (nSPS) is 10.4. The number of aromatic nitrogens is 1. The van der Waals surface area contributed by atoms with Crippen molar-refractivity contribution in [3.63, 3.8) is 0 Å². The molecule has 0 aliphatic heterocycles. The van der Waals surface area contributed by atoms with Crippen molar-refractivity contribution in [2.45, 2.75) is 13.3 Å². The Morgan fingerprint density at radius 2 is 1.90 bits per heavy atom. The molecule has 0 fully saturated rings. The third kappa shape index (κ3) is 6.65. The first kappa shape index (κ1) is 17.5. The summed E-state index contributed by atoms with van der Waals surface area (Å²) in [5.74, 6) is -0.215. The van der Waals surface area contributed by atoms with E-state index in [0.717, 1.165) is 0 Å². The van der Waals surface area contributed by atoms with Crippen LogP contribution in [0.1, 0.15) is 12.6 Å². The summed E-state index contributed by atoms with van der Waals surface area (Å²) >= 11 is 1.30. The van der Waals surface area contributed by atoms with Gasteiger partial charge in [0, 0.05) is 39.6 Å². The molecule has 0 saturated heterocycles. The Kier molecular flexibility index (Phi) is 7.88. The molecular weight excluding hydrogens is 294 g/mol. The number of thiazole rings is 1. The van der Waals surface area contributed by atoms with Gasteiger partial charge in [0.25, 0.3) is 0 Å². The van der Waals surface area contributed by atoms with Gasteiger partial charge in [-0.3, -0.25) is 9.59 Å². The SMILES string of the molecule is COCCN(CCOC)C(=O)Cc1csc(NC(C)=O)n1. The van der Waals surface area contributed by atoms with Gasteiger partial charge in [-0.05, 0) is 0 Å². The monoisotopic (exact) mass is 315 g/mol. The average Bonchev–Trinajstić information content (AvgIpc) is 2.85. The highest BCUT2D eigenvalue weighted by atomic mass is 32.1. The minimum Gasteiger partial charge on any atom is -0.383 e. The minimum atomic E-state index is -0.177. The minimum absolute atomic E-state index is 0.0382. The lowest BCUT2D eigenvalue weighted by molar-refractivity contribution is -0.131. The first-order chi connectivity index (χ1) is 10.1. The summed E-state index contributed by atoms with van der Waals surface area (Å²) in [6.07, 6.45) is 0.198. The number of ether oxygens (including phenoxy) is 2. The predicted molar refractivity (Wildman–Crippen MR) is 80.5 cm³/mol. The highest BCUT2D eigenvalue weighted by molar-refractivity contribution is 7.13. The molecule has 0 aliphatic rings. The van der Waals surface area contributed by atoms with E-state index in [2.05, 4.69) is 10.3 Å². The van der Waals surface area contributed by atoms with Crippen LogP contribution < -0.4 is 5.32 Å². The quantitative estimate of drug-likeness (QED) is 0.728. The van der Waals surface area contributed by atoms with E-state index in [1.54, 1.807) is 24.5 Å². The molecule has 1 aromatic rings. The number of hydrogen-bond donors (Lipinski definition) is 1. The summed E-state index contributed by atoms with van der Waals surface area (Å²) in [6, 6.07) is 0. The summed E-state index contributed by atoms with van der Waals surface area (Å²) < 4.78 is 10.0. The Bertz CT molecular complexity index is 456.